The molecule has 0 atom stereocenters. The highest BCUT2D eigenvalue weighted by Gasteiger charge is 2.13. The standard InChI is InChI=1S/C22H22FN9S/c23-13-4-3-9-26-16(13)12-27-20-19-21(32-22(24)31-20)33-18(30-19)8-11-25-10-7-17-28-14-5-1-2-6-15(14)29-17/h1-6,9,25H,7-8,10-12H2,(H,28,29)(H3,24,27,31,32). The third kappa shape index (κ3) is 4.89. The number of fused-ring (bicyclic) bond motifs is 2. The summed E-state index contributed by atoms with van der Waals surface area (Å²) < 4.78 is 13.9. The Morgan fingerprint density at radius 2 is 1.88 bits per heavy atom. The van der Waals surface area contributed by atoms with Gasteiger partial charge in [0.1, 0.15) is 17.2 Å². The Hall–Kier alpha value is -3.70. The summed E-state index contributed by atoms with van der Waals surface area (Å²) in [5, 5.41) is 7.44. The van der Waals surface area contributed by atoms with Gasteiger partial charge < -0.3 is 21.4 Å². The first-order valence-corrected chi connectivity index (χ1v) is 11.4. The number of thiazole rings is 1. The molecule has 9 nitrogen and oxygen atoms in total. The van der Waals surface area contributed by atoms with Crippen LogP contribution >= 0.6 is 11.3 Å². The quantitative estimate of drug-likeness (QED) is 0.245. The number of aromatic nitrogens is 6. The fourth-order valence-corrected chi connectivity index (χ4v) is 4.42. The second-order valence-corrected chi connectivity index (χ2v) is 8.49. The van der Waals surface area contributed by atoms with Gasteiger partial charge in [0.05, 0.1) is 28.3 Å². The van der Waals surface area contributed by atoms with Crippen LogP contribution in [0.15, 0.2) is 42.6 Å². The summed E-state index contributed by atoms with van der Waals surface area (Å²) in [5.74, 6) is 1.21. The molecule has 5 rings (SSSR count). The van der Waals surface area contributed by atoms with Crippen LogP contribution in [0.2, 0.25) is 0 Å². The van der Waals surface area contributed by atoms with E-state index in [1.165, 1.54) is 17.4 Å². The Labute approximate surface area is 192 Å². The van der Waals surface area contributed by atoms with Gasteiger partial charge in [-0.2, -0.15) is 4.98 Å². The molecule has 168 valence electrons. The van der Waals surface area contributed by atoms with Gasteiger partial charge in [0.25, 0.3) is 0 Å². The molecule has 0 unspecified atom stereocenters. The molecule has 5 aromatic rings. The van der Waals surface area contributed by atoms with Crippen LogP contribution in [0.25, 0.3) is 21.4 Å². The maximum absolute atomic E-state index is 13.9. The number of benzene rings is 1. The van der Waals surface area contributed by atoms with E-state index < -0.39 is 0 Å². The van der Waals surface area contributed by atoms with Crippen LogP contribution in [-0.2, 0) is 19.4 Å². The number of hydrogen-bond donors (Lipinski definition) is 4. The van der Waals surface area contributed by atoms with Crippen molar-refractivity contribution in [2.75, 3.05) is 24.1 Å². The molecule has 0 saturated carbocycles. The number of nitrogens with one attached hydrogen (secondary N) is 3. The first-order chi connectivity index (χ1) is 16.2. The van der Waals surface area contributed by atoms with Gasteiger partial charge in [-0.15, -0.1) is 0 Å². The minimum atomic E-state index is -0.379. The van der Waals surface area contributed by atoms with Crippen molar-refractivity contribution >= 4 is 44.5 Å². The lowest BCUT2D eigenvalue weighted by atomic mass is 10.3. The SMILES string of the molecule is Nc1nc(NCc2ncccc2F)c2nc(CCNCCc3nc4ccccc4[nH]3)sc2n1. The monoisotopic (exact) mass is 463 g/mol. The molecule has 33 heavy (non-hydrogen) atoms. The fraction of sp³-hybridized carbons (Fsp3) is 0.227. The Balaban J connectivity index is 1.18. The largest absolute Gasteiger partial charge is 0.368 e. The molecule has 0 aliphatic rings. The molecule has 0 saturated heterocycles. The van der Waals surface area contributed by atoms with E-state index in [-0.39, 0.29) is 18.3 Å². The van der Waals surface area contributed by atoms with Crippen LogP contribution in [0, 0.1) is 5.82 Å². The zero-order chi connectivity index (χ0) is 22.6. The Morgan fingerprint density at radius 1 is 1.00 bits per heavy atom. The molecule has 5 N–H and O–H groups in total. The summed E-state index contributed by atoms with van der Waals surface area (Å²) in [4.78, 5) is 25.9. The van der Waals surface area contributed by atoms with Crippen molar-refractivity contribution in [3.63, 3.8) is 0 Å². The zero-order valence-electron chi connectivity index (χ0n) is 17.7. The van der Waals surface area contributed by atoms with Gasteiger partial charge >= 0.3 is 0 Å². The van der Waals surface area contributed by atoms with Gasteiger partial charge in [-0.05, 0) is 24.3 Å². The second kappa shape index (κ2) is 9.43. The maximum atomic E-state index is 13.9. The summed E-state index contributed by atoms with van der Waals surface area (Å²) in [7, 11) is 0. The molecule has 1 aromatic carbocycles. The molecule has 0 aliphatic carbocycles. The number of para-hydroxylation sites is 2. The van der Waals surface area contributed by atoms with E-state index in [1.807, 2.05) is 24.3 Å². The Bertz CT molecular complexity index is 1360. The molecule has 0 amide bonds. The summed E-state index contributed by atoms with van der Waals surface area (Å²) >= 11 is 1.48. The summed E-state index contributed by atoms with van der Waals surface area (Å²) in [6, 6.07) is 10.9. The minimum Gasteiger partial charge on any atom is -0.368 e. The van der Waals surface area contributed by atoms with Crippen LogP contribution < -0.4 is 16.4 Å². The normalized spacial score (nSPS) is 11.4. The van der Waals surface area contributed by atoms with Crippen LogP contribution in [-0.4, -0.2) is 43.0 Å². The average molecular weight is 464 g/mol. The average Bonchev–Trinajstić information content (AvgIpc) is 3.41. The van der Waals surface area contributed by atoms with Crippen LogP contribution in [0.4, 0.5) is 16.2 Å². The highest BCUT2D eigenvalue weighted by atomic mass is 32.1. The van der Waals surface area contributed by atoms with Gasteiger partial charge in [-0.25, -0.2) is 19.3 Å². The van der Waals surface area contributed by atoms with Crippen LogP contribution in [0.1, 0.15) is 16.5 Å². The number of hydrogen-bond acceptors (Lipinski definition) is 9. The number of pyridine rings is 1. The summed E-state index contributed by atoms with van der Waals surface area (Å²) in [5.41, 5.74) is 8.82. The molecule has 4 aromatic heterocycles. The minimum absolute atomic E-state index is 0.144. The van der Waals surface area contributed by atoms with E-state index >= 15 is 0 Å². The van der Waals surface area contributed by atoms with E-state index in [4.69, 9.17) is 5.73 Å². The van der Waals surface area contributed by atoms with Crippen molar-refractivity contribution < 1.29 is 4.39 Å². The van der Waals surface area contributed by atoms with Gasteiger partial charge in [0.15, 0.2) is 10.6 Å². The van der Waals surface area contributed by atoms with E-state index in [0.717, 1.165) is 47.8 Å². The molecular formula is C22H22FN9S. The highest BCUT2D eigenvalue weighted by molar-refractivity contribution is 7.18. The number of nitrogens with zero attached hydrogens (tertiary/aromatic N) is 5. The number of rotatable bonds is 9. The first kappa shape index (κ1) is 21.2. The number of imidazole rings is 1. The molecular weight excluding hydrogens is 441 g/mol. The summed E-state index contributed by atoms with van der Waals surface area (Å²) in [6.45, 7) is 1.75. The highest BCUT2D eigenvalue weighted by Crippen LogP contribution is 2.27. The van der Waals surface area contributed by atoms with Gasteiger partial charge in [-0.1, -0.05) is 23.5 Å². The maximum Gasteiger partial charge on any atom is 0.223 e. The topological polar surface area (TPSA) is 130 Å². The Morgan fingerprint density at radius 3 is 2.76 bits per heavy atom. The van der Waals surface area contributed by atoms with Crippen molar-refractivity contribution in [2.24, 2.45) is 0 Å². The number of H-pyrrole nitrogens is 1. The van der Waals surface area contributed by atoms with Gasteiger partial charge in [0, 0.05) is 32.1 Å². The van der Waals surface area contributed by atoms with E-state index in [1.54, 1.807) is 12.3 Å². The predicted molar refractivity (Wildman–Crippen MR) is 128 cm³/mol. The zero-order valence-corrected chi connectivity index (χ0v) is 18.5. The molecule has 0 bridgehead atoms. The number of halogens is 1. The lowest BCUT2D eigenvalue weighted by Gasteiger charge is -2.06. The van der Waals surface area contributed by atoms with Gasteiger partial charge in [0.2, 0.25) is 5.95 Å². The fourth-order valence-electron chi connectivity index (χ4n) is 3.48. The van der Waals surface area contributed by atoms with E-state index in [2.05, 4.69) is 40.5 Å². The van der Waals surface area contributed by atoms with Crippen molar-refractivity contribution in [1.29, 1.82) is 0 Å². The number of anilines is 2. The lowest BCUT2D eigenvalue weighted by Crippen LogP contribution is -2.20. The third-order valence-electron chi connectivity index (χ3n) is 5.07. The van der Waals surface area contributed by atoms with E-state index in [0.29, 0.717) is 21.9 Å². The Kier molecular flexibility index (Phi) is 6.05. The molecule has 0 fully saturated rings. The molecule has 0 radical (unpaired) electrons. The molecule has 4 heterocycles. The van der Waals surface area contributed by atoms with Crippen LogP contribution in [0.5, 0.6) is 0 Å². The summed E-state index contributed by atoms with van der Waals surface area (Å²) in [6.07, 6.45) is 3.11. The predicted octanol–water partition coefficient (Wildman–Crippen LogP) is 3.07. The van der Waals surface area contributed by atoms with Crippen molar-refractivity contribution in [2.45, 2.75) is 19.4 Å². The van der Waals surface area contributed by atoms with Crippen LogP contribution in [0.3, 0.4) is 0 Å². The number of nitrogens with two attached hydrogens (primary N) is 1. The second-order valence-electron chi connectivity index (χ2n) is 7.43. The van der Waals surface area contributed by atoms with Crippen molar-refractivity contribution in [1.82, 2.24) is 35.2 Å². The van der Waals surface area contributed by atoms with Gasteiger partial charge in [-0.3, -0.25) is 4.98 Å². The lowest BCUT2D eigenvalue weighted by molar-refractivity contribution is 0.602. The number of nitrogen functional groups attached to an aromatic ring is 1. The molecule has 0 spiro atoms. The van der Waals surface area contributed by atoms with E-state index in [9.17, 15) is 4.39 Å². The number of aromatic amines is 1. The first-order valence-electron chi connectivity index (χ1n) is 10.6. The third-order valence-corrected chi connectivity index (χ3v) is 6.08. The molecule has 11 heteroatoms. The van der Waals surface area contributed by atoms with Crippen molar-refractivity contribution in [3.05, 3.63) is 64.9 Å². The molecule has 0 aliphatic heterocycles. The van der Waals surface area contributed by atoms with Crippen molar-refractivity contribution in [3.8, 4) is 0 Å². The smallest absolute Gasteiger partial charge is 0.223 e.